The number of carbonyl (C=O) groups is 1. The lowest BCUT2D eigenvalue weighted by molar-refractivity contribution is -0.0312. The zero-order chi connectivity index (χ0) is 17.9. The van der Waals surface area contributed by atoms with Crippen molar-refractivity contribution in [2.45, 2.75) is 58.0 Å². The Kier molecular flexibility index (Phi) is 5.49. The van der Waals surface area contributed by atoms with E-state index in [1.165, 1.54) is 58.0 Å². The van der Waals surface area contributed by atoms with Crippen LogP contribution in [-0.4, -0.2) is 43.3 Å². The number of hydrogen-bond acceptors (Lipinski definition) is 3. The van der Waals surface area contributed by atoms with Crippen LogP contribution in [0.2, 0.25) is 0 Å². The summed E-state index contributed by atoms with van der Waals surface area (Å²) in [5.41, 5.74) is 2.17. The summed E-state index contributed by atoms with van der Waals surface area (Å²) in [5.74, 6) is 1.15. The molecular weight excluding hydrogens is 324 g/mol. The molecule has 3 aliphatic heterocycles. The van der Waals surface area contributed by atoms with Gasteiger partial charge in [-0.1, -0.05) is 37.5 Å². The van der Waals surface area contributed by atoms with Crippen molar-refractivity contribution in [1.29, 1.82) is 0 Å². The van der Waals surface area contributed by atoms with Gasteiger partial charge in [-0.15, -0.1) is 0 Å². The largest absolute Gasteiger partial charge is 0.444 e. The van der Waals surface area contributed by atoms with E-state index in [1.54, 1.807) is 0 Å². The summed E-state index contributed by atoms with van der Waals surface area (Å²) in [5, 5.41) is 0. The Balaban J connectivity index is 1.49. The summed E-state index contributed by atoms with van der Waals surface area (Å²) >= 11 is 0. The van der Waals surface area contributed by atoms with E-state index < -0.39 is 0 Å². The molecule has 4 fully saturated rings. The van der Waals surface area contributed by atoms with Gasteiger partial charge in [0.15, 0.2) is 0 Å². The van der Waals surface area contributed by atoms with E-state index in [-0.39, 0.29) is 12.2 Å². The quantitative estimate of drug-likeness (QED) is 0.789. The zero-order valence-electron chi connectivity index (χ0n) is 16.0. The molecule has 3 saturated heterocycles. The normalized spacial score (nSPS) is 28.7. The number of carbonyl (C=O) groups excluding carboxylic acids is 1. The molecule has 1 aromatic carbocycles. The van der Waals surface area contributed by atoms with Gasteiger partial charge in [-0.3, -0.25) is 9.80 Å². The third kappa shape index (κ3) is 3.90. The molecule has 2 bridgehead atoms. The van der Waals surface area contributed by atoms with Gasteiger partial charge < -0.3 is 4.74 Å². The summed E-state index contributed by atoms with van der Waals surface area (Å²) in [7, 11) is 0. The van der Waals surface area contributed by atoms with Gasteiger partial charge in [-0.2, -0.15) is 0 Å². The van der Waals surface area contributed by atoms with Crippen LogP contribution in [0, 0.1) is 18.8 Å². The minimum atomic E-state index is -0.136. The molecule has 4 heteroatoms. The number of rotatable bonds is 4. The number of amides is 1. The molecule has 4 aliphatic rings. The number of nitrogens with zero attached hydrogens (tertiary/aromatic N) is 2. The van der Waals surface area contributed by atoms with Gasteiger partial charge in [0.05, 0.1) is 0 Å². The molecule has 1 saturated carbocycles. The lowest BCUT2D eigenvalue weighted by atomic mass is 9.86. The van der Waals surface area contributed by atoms with Crippen molar-refractivity contribution < 1.29 is 9.53 Å². The molecule has 4 nitrogen and oxygen atoms in total. The van der Waals surface area contributed by atoms with Crippen LogP contribution in [0.3, 0.4) is 0 Å². The predicted octanol–water partition coefficient (Wildman–Crippen LogP) is 4.61. The maximum Gasteiger partial charge on any atom is 0.414 e. The fraction of sp³-hybridized carbons (Fsp3) is 0.682. The minimum Gasteiger partial charge on any atom is -0.444 e. The number of ether oxygens (including phenoxy) is 1. The summed E-state index contributed by atoms with van der Waals surface area (Å²) < 4.78 is 6.08. The average molecular weight is 357 g/mol. The number of hydrogen-bond donors (Lipinski definition) is 0. The molecule has 142 valence electrons. The molecule has 5 rings (SSSR count). The van der Waals surface area contributed by atoms with Gasteiger partial charge in [0.1, 0.15) is 6.10 Å². The van der Waals surface area contributed by atoms with Gasteiger partial charge >= 0.3 is 6.09 Å². The minimum absolute atomic E-state index is 0.0721. The monoisotopic (exact) mass is 356 g/mol. The van der Waals surface area contributed by atoms with E-state index in [0.29, 0.717) is 11.8 Å². The van der Waals surface area contributed by atoms with E-state index in [0.717, 1.165) is 24.3 Å². The second-order valence-corrected chi connectivity index (χ2v) is 8.46. The topological polar surface area (TPSA) is 32.8 Å². The highest BCUT2D eigenvalue weighted by atomic mass is 16.6. The SMILES string of the molecule is Cc1ccccc1N(CC1CCCCC1)C(=O)OC1CN2CCC1CC2. The predicted molar refractivity (Wildman–Crippen MR) is 105 cm³/mol. The second-order valence-electron chi connectivity index (χ2n) is 8.46. The van der Waals surface area contributed by atoms with Crippen molar-refractivity contribution in [3.8, 4) is 0 Å². The van der Waals surface area contributed by atoms with E-state index in [9.17, 15) is 4.79 Å². The van der Waals surface area contributed by atoms with Crippen molar-refractivity contribution in [2.75, 3.05) is 31.1 Å². The first-order valence-corrected chi connectivity index (χ1v) is 10.5. The van der Waals surface area contributed by atoms with Crippen LogP contribution in [0.1, 0.15) is 50.5 Å². The standard InChI is InChI=1S/C22H32N2O2/c1-17-7-5-6-10-20(17)24(15-18-8-3-2-4-9-18)22(25)26-21-16-23-13-11-19(21)12-14-23/h5-7,10,18-19,21H,2-4,8-9,11-16H2,1H3. The highest BCUT2D eigenvalue weighted by Gasteiger charge is 2.37. The number of aryl methyl sites for hydroxylation is 1. The van der Waals surface area contributed by atoms with Crippen LogP contribution in [0.15, 0.2) is 24.3 Å². The molecule has 0 N–H and O–H groups in total. The summed E-state index contributed by atoms with van der Waals surface area (Å²) in [6.45, 7) is 6.14. The Hall–Kier alpha value is -1.55. The third-order valence-corrected chi connectivity index (χ3v) is 6.64. The molecule has 0 aromatic heterocycles. The molecule has 3 heterocycles. The van der Waals surface area contributed by atoms with Crippen LogP contribution in [0.5, 0.6) is 0 Å². The second kappa shape index (κ2) is 7.99. The van der Waals surface area contributed by atoms with Gasteiger partial charge in [-0.05, 0) is 69.2 Å². The molecule has 1 amide bonds. The van der Waals surface area contributed by atoms with Crippen LogP contribution >= 0.6 is 0 Å². The summed E-state index contributed by atoms with van der Waals surface area (Å²) in [6, 6.07) is 8.22. The molecule has 1 aromatic rings. The van der Waals surface area contributed by atoms with Gasteiger partial charge in [-0.25, -0.2) is 4.79 Å². The number of fused-ring (bicyclic) bond motifs is 3. The van der Waals surface area contributed by atoms with Crippen LogP contribution in [0.4, 0.5) is 10.5 Å². The van der Waals surface area contributed by atoms with E-state index in [2.05, 4.69) is 24.0 Å². The maximum absolute atomic E-state index is 13.2. The maximum atomic E-state index is 13.2. The Labute approximate surface area is 157 Å². The fourth-order valence-corrected chi connectivity index (χ4v) is 5.00. The molecular formula is C22H32N2O2. The van der Waals surface area contributed by atoms with Crippen molar-refractivity contribution in [3.63, 3.8) is 0 Å². The lowest BCUT2D eigenvalue weighted by Gasteiger charge is -2.44. The molecule has 26 heavy (non-hydrogen) atoms. The van der Waals surface area contributed by atoms with Crippen LogP contribution < -0.4 is 4.90 Å². The number of para-hydroxylation sites is 1. The number of piperidine rings is 3. The first-order valence-electron chi connectivity index (χ1n) is 10.5. The summed E-state index contributed by atoms with van der Waals surface area (Å²) in [4.78, 5) is 17.6. The molecule has 1 unspecified atom stereocenters. The highest BCUT2D eigenvalue weighted by Crippen LogP contribution is 2.32. The van der Waals surface area contributed by atoms with E-state index in [4.69, 9.17) is 4.74 Å². The zero-order valence-corrected chi connectivity index (χ0v) is 16.0. The smallest absolute Gasteiger partial charge is 0.414 e. The van der Waals surface area contributed by atoms with Crippen molar-refractivity contribution >= 4 is 11.8 Å². The van der Waals surface area contributed by atoms with Gasteiger partial charge in [0.2, 0.25) is 0 Å². The highest BCUT2D eigenvalue weighted by molar-refractivity contribution is 5.88. The van der Waals surface area contributed by atoms with Crippen molar-refractivity contribution in [2.24, 2.45) is 11.8 Å². The first kappa shape index (κ1) is 17.8. The Morgan fingerprint density at radius 1 is 1.12 bits per heavy atom. The molecule has 1 atom stereocenters. The lowest BCUT2D eigenvalue weighted by Crippen LogP contribution is -2.53. The Morgan fingerprint density at radius 2 is 1.85 bits per heavy atom. The summed E-state index contributed by atoms with van der Waals surface area (Å²) in [6.07, 6.45) is 8.67. The van der Waals surface area contributed by atoms with Crippen LogP contribution in [-0.2, 0) is 4.74 Å². The Bertz CT molecular complexity index is 618. The van der Waals surface area contributed by atoms with Gasteiger partial charge in [0.25, 0.3) is 0 Å². The fourth-order valence-electron chi connectivity index (χ4n) is 5.00. The van der Waals surface area contributed by atoms with E-state index in [1.807, 2.05) is 17.0 Å². The van der Waals surface area contributed by atoms with E-state index >= 15 is 0 Å². The number of anilines is 1. The first-order chi connectivity index (χ1) is 12.7. The molecule has 0 spiro atoms. The number of benzene rings is 1. The van der Waals surface area contributed by atoms with Crippen LogP contribution in [0.25, 0.3) is 0 Å². The van der Waals surface area contributed by atoms with Gasteiger partial charge in [0, 0.05) is 18.8 Å². The Morgan fingerprint density at radius 3 is 2.50 bits per heavy atom. The third-order valence-electron chi connectivity index (χ3n) is 6.64. The van der Waals surface area contributed by atoms with Crippen molar-refractivity contribution in [3.05, 3.63) is 29.8 Å². The molecule has 0 radical (unpaired) electrons. The molecule has 1 aliphatic carbocycles. The van der Waals surface area contributed by atoms with Crippen molar-refractivity contribution in [1.82, 2.24) is 4.90 Å². The average Bonchev–Trinajstić information content (AvgIpc) is 2.68.